The van der Waals surface area contributed by atoms with Gasteiger partial charge in [0.1, 0.15) is 0 Å². The van der Waals surface area contributed by atoms with Crippen LogP contribution in [0.5, 0.6) is 0 Å². The van der Waals surface area contributed by atoms with Crippen LogP contribution in [0.1, 0.15) is 24.3 Å². The molecule has 0 aromatic carbocycles. The molecule has 1 aliphatic rings. The first-order valence-corrected chi connectivity index (χ1v) is 6.49. The zero-order valence-corrected chi connectivity index (χ0v) is 10.0. The molecule has 0 spiro atoms. The van der Waals surface area contributed by atoms with E-state index < -0.39 is 0 Å². The van der Waals surface area contributed by atoms with E-state index in [2.05, 4.69) is 22.2 Å². The summed E-state index contributed by atoms with van der Waals surface area (Å²) >= 11 is 1.76. The Morgan fingerprint density at radius 3 is 3.20 bits per heavy atom. The maximum absolute atomic E-state index is 5.68. The van der Waals surface area contributed by atoms with Gasteiger partial charge in [0, 0.05) is 30.6 Å². The molecule has 1 fully saturated rings. The van der Waals surface area contributed by atoms with Crippen LogP contribution in [0.25, 0.3) is 0 Å². The lowest BCUT2D eigenvalue weighted by Gasteiger charge is -2.19. The van der Waals surface area contributed by atoms with Gasteiger partial charge in [-0.25, -0.2) is 4.98 Å². The number of likely N-dealkylation sites (tertiary alicyclic amines) is 1. The second-order valence-corrected chi connectivity index (χ2v) is 5.35. The Hall–Kier alpha value is -0.450. The fourth-order valence-electron chi connectivity index (χ4n) is 2.21. The van der Waals surface area contributed by atoms with Crippen molar-refractivity contribution in [2.75, 3.05) is 26.2 Å². The number of rotatable bonds is 4. The van der Waals surface area contributed by atoms with Gasteiger partial charge in [-0.15, -0.1) is 11.3 Å². The van der Waals surface area contributed by atoms with E-state index in [0.717, 1.165) is 13.1 Å². The molecule has 1 aliphatic heterocycles. The van der Waals surface area contributed by atoms with Gasteiger partial charge in [-0.2, -0.15) is 0 Å². The SMILES string of the molecule is CC(CN1CCC(CN)C1)c1nccs1. The lowest BCUT2D eigenvalue weighted by atomic mass is 10.1. The van der Waals surface area contributed by atoms with Gasteiger partial charge in [-0.1, -0.05) is 6.92 Å². The Kier molecular flexibility index (Phi) is 3.72. The minimum Gasteiger partial charge on any atom is -0.330 e. The van der Waals surface area contributed by atoms with E-state index in [-0.39, 0.29) is 0 Å². The van der Waals surface area contributed by atoms with Gasteiger partial charge in [-0.05, 0) is 25.4 Å². The van der Waals surface area contributed by atoms with Crippen LogP contribution >= 0.6 is 11.3 Å². The standard InChI is InChI=1S/C11H19N3S/c1-9(11-13-3-5-15-11)7-14-4-2-10(6-12)8-14/h3,5,9-10H,2,4,6-8,12H2,1H3. The van der Waals surface area contributed by atoms with Crippen molar-refractivity contribution in [3.05, 3.63) is 16.6 Å². The molecule has 0 bridgehead atoms. The fraction of sp³-hybridized carbons (Fsp3) is 0.727. The Morgan fingerprint density at radius 1 is 1.73 bits per heavy atom. The second kappa shape index (κ2) is 5.05. The van der Waals surface area contributed by atoms with Crippen molar-refractivity contribution in [3.63, 3.8) is 0 Å². The summed E-state index contributed by atoms with van der Waals surface area (Å²) in [4.78, 5) is 6.88. The van der Waals surface area contributed by atoms with Crippen molar-refractivity contribution in [3.8, 4) is 0 Å². The van der Waals surface area contributed by atoms with Crippen molar-refractivity contribution in [1.82, 2.24) is 9.88 Å². The quantitative estimate of drug-likeness (QED) is 0.845. The summed E-state index contributed by atoms with van der Waals surface area (Å²) in [6, 6.07) is 0. The second-order valence-electron chi connectivity index (χ2n) is 4.42. The monoisotopic (exact) mass is 225 g/mol. The molecule has 1 saturated heterocycles. The molecule has 1 aromatic heterocycles. The van der Waals surface area contributed by atoms with E-state index in [0.29, 0.717) is 11.8 Å². The lowest BCUT2D eigenvalue weighted by molar-refractivity contribution is 0.308. The molecule has 0 saturated carbocycles. The minimum absolute atomic E-state index is 0.557. The summed E-state index contributed by atoms with van der Waals surface area (Å²) in [5.74, 6) is 1.27. The first-order chi connectivity index (χ1) is 7.29. The lowest BCUT2D eigenvalue weighted by Crippen LogP contribution is -2.27. The topological polar surface area (TPSA) is 42.1 Å². The van der Waals surface area contributed by atoms with Gasteiger partial charge in [-0.3, -0.25) is 0 Å². The molecule has 2 N–H and O–H groups in total. The maximum Gasteiger partial charge on any atom is 0.0965 e. The average molecular weight is 225 g/mol. The van der Waals surface area contributed by atoms with Crippen LogP contribution in [0.2, 0.25) is 0 Å². The highest BCUT2D eigenvalue weighted by Crippen LogP contribution is 2.22. The molecule has 0 amide bonds. The van der Waals surface area contributed by atoms with Crippen molar-refractivity contribution in [2.24, 2.45) is 11.7 Å². The van der Waals surface area contributed by atoms with Crippen LogP contribution in [0.4, 0.5) is 0 Å². The summed E-state index contributed by atoms with van der Waals surface area (Å²) in [5.41, 5.74) is 5.68. The molecule has 2 rings (SSSR count). The van der Waals surface area contributed by atoms with Crippen LogP contribution in [0.3, 0.4) is 0 Å². The molecule has 1 aromatic rings. The molecule has 0 radical (unpaired) electrons. The van der Waals surface area contributed by atoms with Crippen LogP contribution in [0, 0.1) is 5.92 Å². The highest BCUT2D eigenvalue weighted by Gasteiger charge is 2.23. The van der Waals surface area contributed by atoms with Crippen molar-refractivity contribution in [1.29, 1.82) is 0 Å². The number of aromatic nitrogens is 1. The van der Waals surface area contributed by atoms with Gasteiger partial charge in [0.15, 0.2) is 0 Å². The Balaban J connectivity index is 1.83. The van der Waals surface area contributed by atoms with Crippen molar-refractivity contribution in [2.45, 2.75) is 19.3 Å². The Morgan fingerprint density at radius 2 is 2.60 bits per heavy atom. The van der Waals surface area contributed by atoms with Gasteiger partial charge in [0.25, 0.3) is 0 Å². The number of thiazole rings is 1. The summed E-state index contributed by atoms with van der Waals surface area (Å²) in [5, 5.41) is 3.31. The van der Waals surface area contributed by atoms with Crippen LogP contribution in [-0.2, 0) is 0 Å². The van der Waals surface area contributed by atoms with Crippen molar-refractivity contribution < 1.29 is 0 Å². The summed E-state index contributed by atoms with van der Waals surface area (Å²) in [6.07, 6.45) is 3.16. The normalized spacial score (nSPS) is 24.5. The average Bonchev–Trinajstić information content (AvgIpc) is 2.87. The molecule has 0 aliphatic carbocycles. The van der Waals surface area contributed by atoms with E-state index in [9.17, 15) is 0 Å². The Labute approximate surface area is 95.3 Å². The predicted octanol–water partition coefficient (Wildman–Crippen LogP) is 1.53. The molecular weight excluding hydrogens is 206 g/mol. The van der Waals surface area contributed by atoms with Gasteiger partial charge in [0.2, 0.25) is 0 Å². The van der Waals surface area contributed by atoms with Crippen LogP contribution in [0.15, 0.2) is 11.6 Å². The zero-order valence-electron chi connectivity index (χ0n) is 9.22. The molecule has 15 heavy (non-hydrogen) atoms. The fourth-order valence-corrected chi connectivity index (χ4v) is 2.90. The predicted molar refractivity (Wildman–Crippen MR) is 64.1 cm³/mol. The smallest absolute Gasteiger partial charge is 0.0965 e. The van der Waals surface area contributed by atoms with Crippen molar-refractivity contribution >= 4 is 11.3 Å². The molecular formula is C11H19N3S. The third-order valence-corrected chi connectivity index (χ3v) is 4.12. The number of nitrogens with zero attached hydrogens (tertiary/aromatic N) is 2. The first kappa shape index (κ1) is 11.0. The third kappa shape index (κ3) is 2.77. The minimum atomic E-state index is 0.557. The number of hydrogen-bond acceptors (Lipinski definition) is 4. The molecule has 3 nitrogen and oxygen atoms in total. The van der Waals surface area contributed by atoms with Gasteiger partial charge in [0.05, 0.1) is 5.01 Å². The highest BCUT2D eigenvalue weighted by molar-refractivity contribution is 7.09. The summed E-state index contributed by atoms with van der Waals surface area (Å²) < 4.78 is 0. The molecule has 84 valence electrons. The van der Waals surface area contributed by atoms with E-state index in [1.807, 2.05) is 6.20 Å². The van der Waals surface area contributed by atoms with E-state index in [1.54, 1.807) is 11.3 Å². The van der Waals surface area contributed by atoms with E-state index >= 15 is 0 Å². The maximum atomic E-state index is 5.68. The molecule has 2 unspecified atom stereocenters. The zero-order chi connectivity index (χ0) is 10.7. The molecule has 4 heteroatoms. The largest absolute Gasteiger partial charge is 0.330 e. The summed E-state index contributed by atoms with van der Waals surface area (Å²) in [6.45, 7) is 6.60. The number of nitrogens with two attached hydrogens (primary N) is 1. The summed E-state index contributed by atoms with van der Waals surface area (Å²) in [7, 11) is 0. The number of hydrogen-bond donors (Lipinski definition) is 1. The van der Waals surface area contributed by atoms with Crippen LogP contribution < -0.4 is 5.73 Å². The molecule has 2 atom stereocenters. The van der Waals surface area contributed by atoms with E-state index in [1.165, 1.54) is 24.5 Å². The highest BCUT2D eigenvalue weighted by atomic mass is 32.1. The first-order valence-electron chi connectivity index (χ1n) is 5.61. The van der Waals surface area contributed by atoms with E-state index in [4.69, 9.17) is 5.73 Å². The van der Waals surface area contributed by atoms with Crippen LogP contribution in [-0.4, -0.2) is 36.1 Å². The van der Waals surface area contributed by atoms with Gasteiger partial charge >= 0.3 is 0 Å². The molecule has 2 heterocycles. The Bertz CT molecular complexity index is 286. The van der Waals surface area contributed by atoms with Gasteiger partial charge < -0.3 is 10.6 Å². The third-order valence-electron chi connectivity index (χ3n) is 3.11.